The lowest BCUT2D eigenvalue weighted by Crippen LogP contribution is -2.47. The Balaban J connectivity index is 1.83. The van der Waals surface area contributed by atoms with Crippen molar-refractivity contribution in [3.63, 3.8) is 0 Å². The van der Waals surface area contributed by atoms with Gasteiger partial charge in [-0.1, -0.05) is 49.7 Å². The number of hydrogen-bond acceptors (Lipinski definition) is 9. The number of benzene rings is 2. The number of aliphatic hydroxyl groups is 1. The van der Waals surface area contributed by atoms with Gasteiger partial charge in [-0.15, -0.1) is 0 Å². The van der Waals surface area contributed by atoms with E-state index >= 15 is 0 Å². The Morgan fingerprint density at radius 1 is 1.12 bits per heavy atom. The number of rotatable bonds is 13. The van der Waals surface area contributed by atoms with Crippen molar-refractivity contribution < 1.29 is 38.5 Å². The number of amides is 1. The predicted molar refractivity (Wildman–Crippen MR) is 149 cm³/mol. The van der Waals surface area contributed by atoms with E-state index in [0.29, 0.717) is 16.7 Å². The molecule has 0 radical (unpaired) electrons. The van der Waals surface area contributed by atoms with E-state index in [1.807, 2.05) is 6.92 Å². The van der Waals surface area contributed by atoms with Gasteiger partial charge in [-0.25, -0.2) is 18.9 Å². The second kappa shape index (κ2) is 13.9. The van der Waals surface area contributed by atoms with E-state index in [-0.39, 0.29) is 29.7 Å². The number of nitrogens with two attached hydrogens (primary N) is 1. The Kier molecular flexibility index (Phi) is 10.6. The fourth-order valence-electron chi connectivity index (χ4n) is 3.87. The Morgan fingerprint density at radius 2 is 1.79 bits per heavy atom. The molecule has 2 aromatic carbocycles. The third-order valence-electron chi connectivity index (χ3n) is 6.39. The highest BCUT2D eigenvalue weighted by Gasteiger charge is 2.25. The molecule has 1 aromatic heterocycles. The van der Waals surface area contributed by atoms with E-state index in [2.05, 4.69) is 10.5 Å². The van der Waals surface area contributed by atoms with Gasteiger partial charge in [0.2, 0.25) is 0 Å². The highest BCUT2D eigenvalue weighted by Crippen LogP contribution is 2.24. The Labute approximate surface area is 241 Å². The van der Waals surface area contributed by atoms with Crippen LogP contribution in [0.25, 0.3) is 11.1 Å². The smallest absolute Gasteiger partial charge is 0.333 e. The van der Waals surface area contributed by atoms with E-state index in [0.717, 1.165) is 10.2 Å². The number of carboxylic acid groups (broad SMARTS) is 1. The number of ketones is 1. The lowest BCUT2D eigenvalue weighted by Gasteiger charge is -2.24. The van der Waals surface area contributed by atoms with Gasteiger partial charge in [0.1, 0.15) is 23.2 Å². The van der Waals surface area contributed by atoms with Crippen LogP contribution in [0.5, 0.6) is 0 Å². The van der Waals surface area contributed by atoms with Crippen molar-refractivity contribution in [1.82, 2.24) is 20.2 Å². The minimum atomic E-state index is -1.85. The summed E-state index contributed by atoms with van der Waals surface area (Å²) in [6.07, 6.45) is -1.85. The first-order valence-electron chi connectivity index (χ1n) is 13.1. The maximum atomic E-state index is 14.3. The van der Waals surface area contributed by atoms with Crippen molar-refractivity contribution >= 4 is 23.6 Å². The molecule has 5 N–H and O–H groups in total. The van der Waals surface area contributed by atoms with Crippen molar-refractivity contribution in [2.75, 3.05) is 6.54 Å². The summed E-state index contributed by atoms with van der Waals surface area (Å²) in [6.45, 7) is 5.52. The van der Waals surface area contributed by atoms with Crippen LogP contribution in [-0.2, 0) is 27.6 Å². The number of hydrazine groups is 1. The number of carbonyl (C=O) groups excluding carboxylic acids is 3. The van der Waals surface area contributed by atoms with Gasteiger partial charge in [-0.3, -0.25) is 19.8 Å². The van der Waals surface area contributed by atoms with Gasteiger partial charge in [0, 0.05) is 25.1 Å². The van der Waals surface area contributed by atoms with E-state index in [1.54, 1.807) is 50.2 Å². The zero-order valence-electron chi connectivity index (χ0n) is 23.7. The van der Waals surface area contributed by atoms with E-state index in [1.165, 1.54) is 24.1 Å². The molecule has 12 nitrogen and oxygen atoms in total. The first-order chi connectivity index (χ1) is 19.8. The quantitative estimate of drug-likeness (QED) is 0.133. The van der Waals surface area contributed by atoms with Crippen LogP contribution in [0.2, 0.25) is 0 Å². The standard InChI is InChI=1S/C29H34FN5O7/c1-16(2)26(31)29(41)42-15-35-24(12-23(32-35)18(4)36)27(38)33-34(14-25(37)28(39)40)13-19-6-8-20(9-7-19)21-11-17(3)5-10-22(21)30/h5-12,16,25-26,37H,13-15,31H2,1-4H3,(H,33,38)(H,39,40). The van der Waals surface area contributed by atoms with Crippen molar-refractivity contribution in [2.45, 2.75) is 53.1 Å². The molecule has 0 saturated heterocycles. The molecule has 0 spiro atoms. The molecule has 3 rings (SSSR count). The molecule has 1 amide bonds. The third kappa shape index (κ3) is 8.28. The fourth-order valence-corrected chi connectivity index (χ4v) is 3.87. The Morgan fingerprint density at radius 3 is 2.38 bits per heavy atom. The van der Waals surface area contributed by atoms with E-state index in [4.69, 9.17) is 10.5 Å². The zero-order valence-corrected chi connectivity index (χ0v) is 23.7. The summed E-state index contributed by atoms with van der Waals surface area (Å²) in [5, 5.41) is 24.5. The maximum absolute atomic E-state index is 14.3. The molecular weight excluding hydrogens is 549 g/mol. The molecule has 0 fully saturated rings. The lowest BCUT2D eigenvalue weighted by molar-refractivity contribution is -0.150. The highest BCUT2D eigenvalue weighted by atomic mass is 19.1. The molecule has 0 bridgehead atoms. The first-order valence-corrected chi connectivity index (χ1v) is 13.1. The van der Waals surface area contributed by atoms with Gasteiger partial charge in [-0.2, -0.15) is 5.10 Å². The van der Waals surface area contributed by atoms with Gasteiger partial charge in [0.25, 0.3) is 5.91 Å². The molecule has 1 heterocycles. The second-order valence-corrected chi connectivity index (χ2v) is 10.2. The molecule has 0 aliphatic heterocycles. The molecule has 0 saturated carbocycles. The number of hydrogen-bond donors (Lipinski definition) is 4. The SMILES string of the molecule is CC(=O)c1cc(C(=O)NN(Cc2ccc(-c3cc(C)ccc3F)cc2)CC(O)C(=O)O)n(COC(=O)C(N)C(C)C)n1. The summed E-state index contributed by atoms with van der Waals surface area (Å²) in [5.41, 5.74) is 10.6. The van der Waals surface area contributed by atoms with Crippen LogP contribution in [0, 0.1) is 18.7 Å². The number of aromatic nitrogens is 2. The van der Waals surface area contributed by atoms with Gasteiger partial charge in [0.05, 0.1) is 6.54 Å². The van der Waals surface area contributed by atoms with Crippen LogP contribution in [0.1, 0.15) is 52.9 Å². The normalized spacial score (nSPS) is 12.7. The molecule has 0 aliphatic rings. The second-order valence-electron chi connectivity index (χ2n) is 10.2. The lowest BCUT2D eigenvalue weighted by atomic mass is 10.0. The molecule has 13 heteroatoms. The number of aliphatic hydroxyl groups excluding tert-OH is 1. The van der Waals surface area contributed by atoms with E-state index < -0.39 is 49.1 Å². The molecule has 2 unspecified atom stereocenters. The maximum Gasteiger partial charge on any atom is 0.333 e. The van der Waals surface area contributed by atoms with Crippen LogP contribution in [0.4, 0.5) is 4.39 Å². The molecular formula is C29H34FN5O7. The van der Waals surface area contributed by atoms with Crippen LogP contribution in [-0.4, -0.2) is 67.3 Å². The van der Waals surface area contributed by atoms with E-state index in [9.17, 15) is 33.8 Å². The summed E-state index contributed by atoms with van der Waals surface area (Å²) in [7, 11) is 0. The number of aliphatic carboxylic acids is 1. The van der Waals surface area contributed by atoms with Gasteiger partial charge in [0.15, 0.2) is 18.6 Å². The third-order valence-corrected chi connectivity index (χ3v) is 6.39. The van der Waals surface area contributed by atoms with Crippen LogP contribution < -0.4 is 11.2 Å². The van der Waals surface area contributed by atoms with Crippen LogP contribution >= 0.6 is 0 Å². The number of ether oxygens (including phenoxy) is 1. The van der Waals surface area contributed by atoms with Gasteiger partial charge >= 0.3 is 11.9 Å². The molecule has 42 heavy (non-hydrogen) atoms. The number of carboxylic acids is 1. The number of nitrogens with zero attached hydrogens (tertiary/aromatic N) is 3. The summed E-state index contributed by atoms with van der Waals surface area (Å²) < 4.78 is 20.5. The van der Waals surface area contributed by atoms with Crippen molar-refractivity contribution in [1.29, 1.82) is 0 Å². The van der Waals surface area contributed by atoms with Crippen molar-refractivity contribution in [3.05, 3.63) is 76.9 Å². The zero-order chi connectivity index (χ0) is 31.1. The largest absolute Gasteiger partial charge is 0.479 e. The van der Waals surface area contributed by atoms with Crippen LogP contribution in [0.15, 0.2) is 48.5 Å². The number of halogens is 1. The molecule has 3 aromatic rings. The summed E-state index contributed by atoms with van der Waals surface area (Å²) in [6, 6.07) is 11.8. The van der Waals surface area contributed by atoms with Gasteiger partial charge in [-0.05, 0) is 36.1 Å². The number of nitrogens with one attached hydrogen (secondary N) is 1. The average molecular weight is 584 g/mol. The van der Waals surface area contributed by atoms with Crippen LogP contribution in [0.3, 0.4) is 0 Å². The number of Topliss-reactive ketones (excluding diaryl/α,β-unsaturated/α-hetero) is 1. The Bertz CT molecular complexity index is 1460. The number of carbonyl (C=O) groups is 4. The monoisotopic (exact) mass is 583 g/mol. The molecule has 2 atom stereocenters. The Hall–Kier alpha value is -4.46. The minimum Gasteiger partial charge on any atom is -0.479 e. The highest BCUT2D eigenvalue weighted by molar-refractivity contribution is 5.97. The first kappa shape index (κ1) is 32.1. The number of esters is 1. The summed E-state index contributed by atoms with van der Waals surface area (Å²) in [4.78, 5) is 48.8. The fraction of sp³-hybridized carbons (Fsp3) is 0.345. The van der Waals surface area contributed by atoms with Crippen molar-refractivity contribution in [2.24, 2.45) is 11.7 Å². The summed E-state index contributed by atoms with van der Waals surface area (Å²) >= 11 is 0. The molecule has 0 aliphatic carbocycles. The predicted octanol–water partition coefficient (Wildman–Crippen LogP) is 2.28. The summed E-state index contributed by atoms with van der Waals surface area (Å²) in [5.74, 6) is -4.07. The van der Waals surface area contributed by atoms with Crippen molar-refractivity contribution in [3.8, 4) is 11.1 Å². The van der Waals surface area contributed by atoms with Gasteiger partial charge < -0.3 is 20.7 Å². The average Bonchev–Trinajstić information content (AvgIpc) is 3.38. The minimum absolute atomic E-state index is 0.0431. The number of aryl methyl sites for hydroxylation is 1. The molecule has 224 valence electrons. The topological polar surface area (TPSA) is 177 Å².